The fraction of sp³-hybridized carbons (Fsp3) is 0.167. The van der Waals surface area contributed by atoms with Crippen LogP contribution in [0, 0.1) is 0 Å². The third kappa shape index (κ3) is 4.21. The molecule has 0 unspecified atom stereocenters. The first-order valence-electron chi connectivity index (χ1n) is 10.8. The molecule has 2 N–H and O–H groups in total. The lowest BCUT2D eigenvalue weighted by Crippen LogP contribution is -2.56. The second kappa shape index (κ2) is 8.53. The van der Waals surface area contributed by atoms with E-state index >= 15 is 0 Å². The Bertz CT molecular complexity index is 1340. The molecule has 1 aliphatic rings. The Morgan fingerprint density at radius 2 is 1.43 bits per heavy atom. The lowest BCUT2D eigenvalue weighted by Gasteiger charge is -2.32. The van der Waals surface area contributed by atoms with Crippen molar-refractivity contribution in [2.24, 2.45) is 5.73 Å². The number of Topliss-reactive ketones (excluding diaryl/α,β-unsaturated/α-hetero) is 1. The van der Waals surface area contributed by atoms with Crippen molar-refractivity contribution in [3.8, 4) is 0 Å². The number of benzene rings is 2. The molecule has 17 heteroatoms. The zero-order valence-electron chi connectivity index (χ0n) is 20.5. The molecule has 0 amide bonds. The van der Waals surface area contributed by atoms with Crippen LogP contribution in [0.25, 0.3) is 0 Å². The molecule has 0 aliphatic carbocycles. The van der Waals surface area contributed by atoms with Gasteiger partial charge < -0.3 is 14.7 Å². The first-order chi connectivity index (χ1) is 15.9. The van der Waals surface area contributed by atoms with E-state index in [1.54, 1.807) is 30.3 Å². The van der Waals surface area contributed by atoms with Gasteiger partial charge >= 0.3 is 16.3 Å². The average molecular weight is 496 g/mol. The molecular formula is C18H21B7F3NO5S. The second-order valence-corrected chi connectivity index (χ2v) is 11.4. The summed E-state index contributed by atoms with van der Waals surface area (Å²) in [6.07, 6.45) is -4.59. The van der Waals surface area contributed by atoms with Gasteiger partial charge in [0.1, 0.15) is 47.1 Å². The molecule has 0 fully saturated rings. The number of carbonyl (C=O) groups is 1. The lowest BCUT2D eigenvalue weighted by molar-refractivity contribution is -0.135. The van der Waals surface area contributed by atoms with Crippen molar-refractivity contribution in [1.82, 2.24) is 0 Å². The molecule has 0 spiro atoms. The van der Waals surface area contributed by atoms with Crippen LogP contribution < -0.4 is 27.6 Å². The van der Waals surface area contributed by atoms with Crippen LogP contribution in [-0.4, -0.2) is 69.1 Å². The van der Waals surface area contributed by atoms with Crippen LogP contribution in [0.2, 0.25) is 0 Å². The third-order valence-electron chi connectivity index (χ3n) is 6.85. The highest BCUT2D eigenvalue weighted by Crippen LogP contribution is 2.37. The quantitative estimate of drug-likeness (QED) is 0.327. The highest BCUT2D eigenvalue weighted by molar-refractivity contribution is 7.90. The van der Waals surface area contributed by atoms with E-state index in [2.05, 4.69) is 0 Å². The standard InChI is InChI=1S/C18H21B7F3NO5S/c19-9-7(10(20)12(22)8(11(9)21)18(26,27)28)16(23)14(30)13(15(29)33-16)34-35(31,32)17(24,25)6-4-2-1-3-5-6/h1-5H,19-25,29H2/t16-/m0/s1. The van der Waals surface area contributed by atoms with Crippen molar-refractivity contribution in [1.29, 1.82) is 0 Å². The van der Waals surface area contributed by atoms with Gasteiger partial charge in [-0.25, -0.2) is 0 Å². The lowest BCUT2D eigenvalue weighted by atomic mass is 9.57. The zero-order valence-corrected chi connectivity index (χ0v) is 21.4. The number of rotatable bonds is 5. The number of hydrogen-bond acceptors (Lipinski definition) is 6. The number of ketones is 1. The average Bonchev–Trinajstić information content (AvgIpc) is 2.95. The van der Waals surface area contributed by atoms with Gasteiger partial charge in [0, 0.05) is 5.56 Å². The molecule has 6 nitrogen and oxygen atoms in total. The molecule has 0 radical (unpaired) electrons. The van der Waals surface area contributed by atoms with Crippen LogP contribution in [0.4, 0.5) is 13.2 Å². The maximum absolute atomic E-state index is 13.7. The van der Waals surface area contributed by atoms with Crippen molar-refractivity contribution in [2.75, 3.05) is 0 Å². The second-order valence-electron chi connectivity index (χ2n) is 9.32. The first-order valence-corrected chi connectivity index (χ1v) is 12.2. The van der Waals surface area contributed by atoms with Gasteiger partial charge in [0.05, 0.1) is 4.55 Å². The summed E-state index contributed by atoms with van der Waals surface area (Å²) in [5.41, 5.74) is 4.14. The van der Waals surface area contributed by atoms with Crippen molar-refractivity contribution in [3.63, 3.8) is 0 Å². The van der Waals surface area contributed by atoms with Crippen molar-refractivity contribution < 1.29 is 35.3 Å². The maximum Gasteiger partial charge on any atom is 0.415 e. The summed E-state index contributed by atoms with van der Waals surface area (Å²) in [6.45, 7) is 0. The molecular weight excluding hydrogens is 475 g/mol. The Kier molecular flexibility index (Phi) is 6.59. The van der Waals surface area contributed by atoms with Gasteiger partial charge in [-0.15, -0.1) is 0 Å². The van der Waals surface area contributed by atoms with E-state index in [-0.39, 0.29) is 27.4 Å². The molecule has 2 aromatic rings. The van der Waals surface area contributed by atoms with Gasteiger partial charge in [-0.2, -0.15) is 21.6 Å². The van der Waals surface area contributed by atoms with Crippen LogP contribution in [0.1, 0.15) is 16.7 Å². The van der Waals surface area contributed by atoms with Crippen LogP contribution >= 0.6 is 0 Å². The molecule has 1 aliphatic heterocycles. The summed E-state index contributed by atoms with van der Waals surface area (Å²) < 4.78 is 76.9. The van der Waals surface area contributed by atoms with Gasteiger partial charge in [0.2, 0.25) is 17.4 Å². The van der Waals surface area contributed by atoms with Gasteiger partial charge in [-0.3, -0.25) is 4.79 Å². The number of nitrogens with two attached hydrogens (primary N) is 1. The van der Waals surface area contributed by atoms with Crippen molar-refractivity contribution in [2.45, 2.75) is 16.2 Å². The predicted molar refractivity (Wildman–Crippen MR) is 147 cm³/mol. The van der Waals surface area contributed by atoms with Crippen LogP contribution in [0.5, 0.6) is 0 Å². The number of carbonyl (C=O) groups excluding carboxylic acids is 1. The van der Waals surface area contributed by atoms with E-state index in [0.29, 0.717) is 5.56 Å². The molecule has 35 heavy (non-hydrogen) atoms. The van der Waals surface area contributed by atoms with Gasteiger partial charge in [-0.1, -0.05) is 52.2 Å². The summed E-state index contributed by atoms with van der Waals surface area (Å²) in [6, 6.07) is 8.28. The first kappa shape index (κ1) is 27.0. The van der Waals surface area contributed by atoms with Crippen LogP contribution in [0.3, 0.4) is 0 Å². The number of ether oxygens (including phenoxy) is 1. The van der Waals surface area contributed by atoms with E-state index in [1.165, 1.54) is 54.9 Å². The van der Waals surface area contributed by atoms with Gasteiger partial charge in [-0.05, 0) is 11.1 Å². The maximum atomic E-state index is 13.7. The Balaban J connectivity index is 2.08. The fourth-order valence-electron chi connectivity index (χ4n) is 4.54. The minimum absolute atomic E-state index is 0.0565. The zero-order chi connectivity index (χ0) is 26.7. The molecule has 0 aromatic heterocycles. The predicted octanol–water partition coefficient (Wildman–Crippen LogP) is -7.32. The topological polar surface area (TPSA) is 95.7 Å². The highest BCUT2D eigenvalue weighted by atomic mass is 32.2. The molecule has 1 atom stereocenters. The smallest absolute Gasteiger partial charge is 0.415 e. The fourth-order valence-corrected chi connectivity index (χ4v) is 5.55. The largest absolute Gasteiger partial charge is 0.467 e. The molecule has 3 rings (SSSR count). The minimum Gasteiger partial charge on any atom is -0.467 e. The van der Waals surface area contributed by atoms with Crippen LogP contribution in [0.15, 0.2) is 42.0 Å². The SMILES string of the molecule is Bc1c(B)c([C@]2(B)OC(N)=C(OS(=O)(=O)C(B)(B)c3ccccc3)C2=O)c(B)c(B)c1C(F)(F)F. The van der Waals surface area contributed by atoms with E-state index in [4.69, 9.17) is 14.7 Å². The summed E-state index contributed by atoms with van der Waals surface area (Å²) in [5, 5.41) is 0. The number of halogens is 3. The van der Waals surface area contributed by atoms with E-state index in [0.717, 1.165) is 0 Å². The summed E-state index contributed by atoms with van der Waals surface area (Å²) in [4.78, 5) is 13.5. The van der Waals surface area contributed by atoms with Crippen molar-refractivity contribution in [3.05, 3.63) is 58.7 Å². The Morgan fingerprint density at radius 1 is 0.943 bits per heavy atom. The van der Waals surface area contributed by atoms with E-state index in [9.17, 15) is 26.4 Å². The minimum atomic E-state index is -4.59. The molecule has 1 heterocycles. The Morgan fingerprint density at radius 3 is 1.89 bits per heavy atom. The summed E-state index contributed by atoms with van der Waals surface area (Å²) in [7, 11) is 5.29. The number of alkyl halides is 3. The summed E-state index contributed by atoms with van der Waals surface area (Å²) >= 11 is 0. The molecule has 2 aromatic carbocycles. The molecule has 0 bridgehead atoms. The third-order valence-corrected chi connectivity index (χ3v) is 8.72. The van der Waals surface area contributed by atoms with Crippen molar-refractivity contribution >= 4 is 92.7 Å². The van der Waals surface area contributed by atoms with E-state index < -0.39 is 49.3 Å². The normalized spacial score (nSPS) is 19.0. The van der Waals surface area contributed by atoms with E-state index in [1.807, 2.05) is 0 Å². The molecule has 0 saturated carbocycles. The Labute approximate surface area is 208 Å². The van der Waals surface area contributed by atoms with Gasteiger partial charge in [0.15, 0.2) is 13.3 Å². The summed E-state index contributed by atoms with van der Waals surface area (Å²) in [5.74, 6) is -2.16. The van der Waals surface area contributed by atoms with Crippen LogP contribution in [-0.2, 0) is 40.1 Å². The van der Waals surface area contributed by atoms with Gasteiger partial charge in [0.25, 0.3) is 0 Å². The number of hydrogen-bond donors (Lipinski definition) is 1. The molecule has 0 saturated heterocycles. The monoisotopic (exact) mass is 497 g/mol. The Hall–Kier alpha value is -2.56. The highest BCUT2D eigenvalue weighted by Gasteiger charge is 2.52. The molecule has 176 valence electrons.